The summed E-state index contributed by atoms with van der Waals surface area (Å²) in [5, 5.41) is 11.2. The third-order valence-corrected chi connectivity index (χ3v) is 3.05. The number of rotatable bonds is 2. The summed E-state index contributed by atoms with van der Waals surface area (Å²) in [5.74, 6) is 0.354. The van der Waals surface area contributed by atoms with Gasteiger partial charge in [0.2, 0.25) is 0 Å². The van der Waals surface area contributed by atoms with E-state index in [1.165, 1.54) is 0 Å². The highest BCUT2D eigenvalue weighted by molar-refractivity contribution is 5.45. The van der Waals surface area contributed by atoms with Crippen molar-refractivity contribution in [3.8, 4) is 0 Å². The average molecular weight is 261 g/mol. The second-order valence-electron chi connectivity index (χ2n) is 5.46. The lowest BCUT2D eigenvalue weighted by Crippen LogP contribution is -2.25. The predicted octanol–water partition coefficient (Wildman–Crippen LogP) is 2.45. The summed E-state index contributed by atoms with van der Waals surface area (Å²) in [6.07, 6.45) is 5.95. The Balaban J connectivity index is 0.000000399. The lowest BCUT2D eigenvalue weighted by atomic mass is 9.95. The van der Waals surface area contributed by atoms with Gasteiger partial charge in [-0.3, -0.25) is 0 Å². The molecule has 0 saturated heterocycles. The normalized spacial score (nSPS) is 12.7. The number of allylic oxidation sites excluding steroid dienone is 2. The molecule has 2 heteroatoms. The van der Waals surface area contributed by atoms with Crippen molar-refractivity contribution in [2.24, 2.45) is 5.92 Å². The molecule has 0 amide bonds. The zero-order valence-corrected chi connectivity index (χ0v) is 12.8. The van der Waals surface area contributed by atoms with E-state index in [-0.39, 0.29) is 0 Å². The molecule has 0 aromatic heterocycles. The fourth-order valence-corrected chi connectivity index (χ4v) is 0.968. The minimum Gasteiger partial charge on any atom is -0.399 e. The molecule has 1 rings (SSSR count). The van der Waals surface area contributed by atoms with Crippen molar-refractivity contribution in [2.75, 3.05) is 5.73 Å². The molecule has 1 aromatic rings. The van der Waals surface area contributed by atoms with Crippen molar-refractivity contribution < 1.29 is 5.11 Å². The molecule has 0 aliphatic rings. The Morgan fingerprint density at radius 2 is 1.84 bits per heavy atom. The Morgan fingerprint density at radius 1 is 1.32 bits per heavy atom. The second kappa shape index (κ2) is 7.80. The van der Waals surface area contributed by atoms with Crippen LogP contribution < -0.4 is 16.2 Å². The first kappa shape index (κ1) is 17.5. The largest absolute Gasteiger partial charge is 0.399 e. The van der Waals surface area contributed by atoms with Crippen molar-refractivity contribution in [3.05, 3.63) is 40.8 Å². The van der Waals surface area contributed by atoms with Gasteiger partial charge in [0.15, 0.2) is 0 Å². The fraction of sp³-hybridized carbons (Fsp3) is 0.412. The molecule has 0 aliphatic heterocycles. The van der Waals surface area contributed by atoms with Crippen LogP contribution >= 0.6 is 0 Å². The van der Waals surface area contributed by atoms with Gasteiger partial charge in [-0.25, -0.2) is 0 Å². The molecule has 0 heterocycles. The third-order valence-electron chi connectivity index (χ3n) is 3.05. The van der Waals surface area contributed by atoms with E-state index in [1.54, 1.807) is 0 Å². The SMILES string of the molecule is C=c1ccc(N)c/c1=C/C=C\C.CC(C)C(C)(C)O. The van der Waals surface area contributed by atoms with Crippen molar-refractivity contribution in [1.82, 2.24) is 0 Å². The number of nitrogen functional groups attached to an aromatic ring is 1. The van der Waals surface area contributed by atoms with E-state index in [0.29, 0.717) is 5.92 Å². The van der Waals surface area contributed by atoms with E-state index in [9.17, 15) is 0 Å². The third kappa shape index (κ3) is 7.47. The van der Waals surface area contributed by atoms with Gasteiger partial charge in [0, 0.05) is 5.69 Å². The molecule has 3 N–H and O–H groups in total. The van der Waals surface area contributed by atoms with Gasteiger partial charge in [-0.15, -0.1) is 0 Å². The predicted molar refractivity (Wildman–Crippen MR) is 86.0 cm³/mol. The smallest absolute Gasteiger partial charge is 0.0614 e. The van der Waals surface area contributed by atoms with Crippen LogP contribution in [0.1, 0.15) is 34.6 Å². The van der Waals surface area contributed by atoms with Gasteiger partial charge in [0.25, 0.3) is 0 Å². The second-order valence-corrected chi connectivity index (χ2v) is 5.46. The maximum atomic E-state index is 9.09. The minimum atomic E-state index is -0.500. The molecule has 0 radical (unpaired) electrons. The van der Waals surface area contributed by atoms with Crippen LogP contribution in [0, 0.1) is 5.92 Å². The standard InChI is InChI=1S/C11H13N.C6H14O/c1-3-4-5-10-8-11(12)7-6-9(10)2;1-5(2)6(3,4)7/h3-8H,2,12H2,1H3;5,7H,1-4H3/b4-3-,10-5-;. The van der Waals surface area contributed by atoms with Crippen LogP contribution in [0.2, 0.25) is 0 Å². The molecule has 2 nitrogen and oxygen atoms in total. The first-order valence-electron chi connectivity index (χ1n) is 6.58. The molecule has 106 valence electrons. The van der Waals surface area contributed by atoms with Gasteiger partial charge in [-0.1, -0.05) is 44.7 Å². The van der Waals surface area contributed by atoms with E-state index in [0.717, 1.165) is 16.1 Å². The van der Waals surface area contributed by atoms with Crippen LogP contribution in [0.4, 0.5) is 5.69 Å². The molecule has 0 unspecified atom stereocenters. The summed E-state index contributed by atoms with van der Waals surface area (Å²) in [6, 6.07) is 5.70. The molecular weight excluding hydrogens is 234 g/mol. The lowest BCUT2D eigenvalue weighted by molar-refractivity contribution is 0.0327. The van der Waals surface area contributed by atoms with Crippen LogP contribution in [-0.4, -0.2) is 10.7 Å². The molecule has 1 aromatic carbocycles. The number of nitrogens with two attached hydrogens (primary N) is 1. The molecular formula is C17H27NO. The van der Waals surface area contributed by atoms with E-state index < -0.39 is 5.60 Å². The van der Waals surface area contributed by atoms with E-state index in [1.807, 2.05) is 71.0 Å². The number of hydrogen-bond acceptors (Lipinski definition) is 2. The monoisotopic (exact) mass is 261 g/mol. The Labute approximate surface area is 117 Å². The van der Waals surface area contributed by atoms with Crippen LogP contribution in [0.3, 0.4) is 0 Å². The van der Waals surface area contributed by atoms with Crippen molar-refractivity contribution in [2.45, 2.75) is 40.2 Å². The summed E-state index contributed by atoms with van der Waals surface area (Å²) in [4.78, 5) is 0. The Morgan fingerprint density at radius 3 is 2.26 bits per heavy atom. The van der Waals surface area contributed by atoms with E-state index >= 15 is 0 Å². The molecule has 0 fully saturated rings. The van der Waals surface area contributed by atoms with Gasteiger partial charge in [-0.2, -0.15) is 0 Å². The van der Waals surface area contributed by atoms with Crippen LogP contribution in [0.5, 0.6) is 0 Å². The van der Waals surface area contributed by atoms with Gasteiger partial charge >= 0.3 is 0 Å². The summed E-state index contributed by atoms with van der Waals surface area (Å²) >= 11 is 0. The summed E-state index contributed by atoms with van der Waals surface area (Å²) in [6.45, 7) is 13.5. The van der Waals surface area contributed by atoms with Crippen LogP contribution in [0.15, 0.2) is 30.4 Å². The topological polar surface area (TPSA) is 46.2 Å². The quantitative estimate of drug-likeness (QED) is 0.803. The Hall–Kier alpha value is -1.54. The number of benzene rings is 1. The zero-order chi connectivity index (χ0) is 15.1. The number of hydrogen-bond donors (Lipinski definition) is 2. The lowest BCUT2D eigenvalue weighted by Gasteiger charge is -2.21. The first-order chi connectivity index (χ1) is 8.68. The number of anilines is 1. The zero-order valence-electron chi connectivity index (χ0n) is 12.8. The maximum Gasteiger partial charge on any atom is 0.0614 e. The van der Waals surface area contributed by atoms with Gasteiger partial charge in [-0.05, 0) is 49.3 Å². The Kier molecular flexibility index (Phi) is 7.17. The molecule has 0 saturated carbocycles. The number of aliphatic hydroxyl groups is 1. The first-order valence-corrected chi connectivity index (χ1v) is 6.58. The van der Waals surface area contributed by atoms with Crippen LogP contribution in [-0.2, 0) is 0 Å². The highest BCUT2D eigenvalue weighted by atomic mass is 16.3. The van der Waals surface area contributed by atoms with Crippen molar-refractivity contribution in [1.29, 1.82) is 0 Å². The van der Waals surface area contributed by atoms with Crippen molar-refractivity contribution >= 4 is 18.3 Å². The van der Waals surface area contributed by atoms with Crippen LogP contribution in [0.25, 0.3) is 12.7 Å². The highest BCUT2D eigenvalue weighted by Crippen LogP contribution is 2.12. The highest BCUT2D eigenvalue weighted by Gasteiger charge is 2.16. The van der Waals surface area contributed by atoms with Gasteiger partial charge < -0.3 is 10.8 Å². The molecule has 0 spiro atoms. The molecule has 0 atom stereocenters. The van der Waals surface area contributed by atoms with E-state index in [2.05, 4.69) is 6.58 Å². The van der Waals surface area contributed by atoms with Gasteiger partial charge in [0.05, 0.1) is 5.60 Å². The average Bonchev–Trinajstić information content (AvgIpc) is 2.30. The molecule has 0 aliphatic carbocycles. The molecule has 19 heavy (non-hydrogen) atoms. The summed E-state index contributed by atoms with van der Waals surface area (Å²) in [7, 11) is 0. The molecule has 0 bridgehead atoms. The minimum absolute atomic E-state index is 0.354. The fourth-order valence-electron chi connectivity index (χ4n) is 0.968. The van der Waals surface area contributed by atoms with E-state index in [4.69, 9.17) is 10.8 Å². The van der Waals surface area contributed by atoms with Gasteiger partial charge in [0.1, 0.15) is 0 Å². The van der Waals surface area contributed by atoms with Crippen molar-refractivity contribution in [3.63, 3.8) is 0 Å². The Bertz CT molecular complexity index is 507. The maximum absolute atomic E-state index is 9.09. The summed E-state index contributed by atoms with van der Waals surface area (Å²) < 4.78 is 0. The summed E-state index contributed by atoms with van der Waals surface area (Å²) in [5.41, 5.74) is 5.90.